The van der Waals surface area contributed by atoms with Crippen molar-refractivity contribution < 1.29 is 5.11 Å². The molecule has 0 radical (unpaired) electrons. The lowest BCUT2D eigenvalue weighted by molar-refractivity contribution is 0.239. The highest BCUT2D eigenvalue weighted by atomic mass is 32.1. The highest BCUT2D eigenvalue weighted by Crippen LogP contribution is 2.04. The maximum Gasteiger partial charge on any atom is 0.130 e. The molecule has 0 aromatic heterocycles. The van der Waals surface area contributed by atoms with Crippen molar-refractivity contribution in [3.8, 4) is 0 Å². The van der Waals surface area contributed by atoms with Crippen molar-refractivity contribution in [3.05, 3.63) is 0 Å². The van der Waals surface area contributed by atoms with Crippen LogP contribution in [0.3, 0.4) is 0 Å². The number of aliphatic hydroxyl groups excluding tert-OH is 1. The van der Waals surface area contributed by atoms with Gasteiger partial charge in [-0.3, -0.25) is 0 Å². The second-order valence-electron chi connectivity index (χ2n) is 2.96. The summed E-state index contributed by atoms with van der Waals surface area (Å²) in [6.45, 7) is 4.32. The van der Waals surface area contributed by atoms with Gasteiger partial charge < -0.3 is 10.4 Å². The van der Waals surface area contributed by atoms with Gasteiger partial charge in [0.05, 0.1) is 12.6 Å². The van der Waals surface area contributed by atoms with Crippen LogP contribution in [0.25, 0.3) is 0 Å². The maximum atomic E-state index is 8.87. The maximum absolute atomic E-state index is 8.87. The van der Waals surface area contributed by atoms with E-state index in [1.54, 1.807) is 0 Å². The number of hydrogen-bond donors (Lipinski definition) is 3. The average molecular weight is 193 g/mol. The quantitative estimate of drug-likeness (QED) is 0.463. The third-order valence-electron chi connectivity index (χ3n) is 1.30. The molecule has 1 atom stereocenters. The summed E-state index contributed by atoms with van der Waals surface area (Å²) in [4.78, 5) is 0. The Morgan fingerprint density at radius 1 is 1.64 bits per heavy atom. The van der Waals surface area contributed by atoms with Crippen LogP contribution in [0.2, 0.25) is 0 Å². The van der Waals surface area contributed by atoms with Crippen LogP contribution in [0.15, 0.2) is 0 Å². The van der Waals surface area contributed by atoms with Gasteiger partial charge in [0.1, 0.15) is 4.32 Å². The average Bonchev–Trinajstić information content (AvgIpc) is 1.84. The lowest BCUT2D eigenvalue weighted by Crippen LogP contribution is -2.35. The first-order valence-corrected chi connectivity index (χ1v) is 4.52. The van der Waals surface area contributed by atoms with E-state index < -0.39 is 0 Å². The van der Waals surface area contributed by atoms with E-state index in [9.17, 15) is 0 Å². The van der Waals surface area contributed by atoms with Crippen LogP contribution in [0.5, 0.6) is 0 Å². The molecule has 4 heteroatoms. The Bertz CT molecular complexity index is 128. The zero-order chi connectivity index (χ0) is 8.85. The van der Waals surface area contributed by atoms with E-state index in [1.807, 2.05) is 0 Å². The van der Waals surface area contributed by atoms with Crippen molar-refractivity contribution in [3.63, 3.8) is 0 Å². The Morgan fingerprint density at radius 2 is 2.18 bits per heavy atom. The van der Waals surface area contributed by atoms with E-state index >= 15 is 0 Å². The van der Waals surface area contributed by atoms with E-state index in [4.69, 9.17) is 17.3 Å². The van der Waals surface area contributed by atoms with Crippen LogP contribution in [-0.4, -0.2) is 22.1 Å². The third kappa shape index (κ3) is 6.59. The number of aliphatic hydroxyl groups is 1. The third-order valence-corrected chi connectivity index (χ3v) is 1.55. The van der Waals surface area contributed by atoms with Gasteiger partial charge in [-0.25, -0.2) is 0 Å². The van der Waals surface area contributed by atoms with Crippen LogP contribution in [0.4, 0.5) is 0 Å². The van der Waals surface area contributed by atoms with Gasteiger partial charge >= 0.3 is 0 Å². The molecule has 0 aromatic rings. The lowest BCUT2D eigenvalue weighted by atomic mass is 10.1. The minimum absolute atomic E-state index is 0.0556. The summed E-state index contributed by atoms with van der Waals surface area (Å²) < 4.78 is 0.449. The fourth-order valence-corrected chi connectivity index (χ4v) is 1.27. The molecule has 0 aliphatic heterocycles. The summed E-state index contributed by atoms with van der Waals surface area (Å²) in [7, 11) is 0. The lowest BCUT2D eigenvalue weighted by Gasteiger charge is -2.17. The molecule has 0 spiro atoms. The Hall–Kier alpha value is 0.200. The second-order valence-corrected chi connectivity index (χ2v) is 4.12. The van der Waals surface area contributed by atoms with Gasteiger partial charge in [-0.2, -0.15) is 0 Å². The van der Waals surface area contributed by atoms with Crippen molar-refractivity contribution in [2.24, 2.45) is 5.92 Å². The van der Waals surface area contributed by atoms with Gasteiger partial charge in [-0.1, -0.05) is 26.1 Å². The molecule has 66 valence electrons. The molecule has 0 aromatic carbocycles. The Morgan fingerprint density at radius 3 is 2.45 bits per heavy atom. The van der Waals surface area contributed by atoms with Gasteiger partial charge in [0.2, 0.25) is 0 Å². The first kappa shape index (κ1) is 11.2. The molecular weight excluding hydrogens is 178 g/mol. The number of thiocarbonyl (C=S) groups is 1. The first-order chi connectivity index (χ1) is 5.06. The summed E-state index contributed by atoms with van der Waals surface area (Å²) in [6.07, 6.45) is 0.914. The van der Waals surface area contributed by atoms with Crippen LogP contribution in [0.1, 0.15) is 20.3 Å². The molecule has 11 heavy (non-hydrogen) atoms. The standard InChI is InChI=1S/C7H15NOS2/c1-5(2)3-6(4-9)8-7(10)11/h5-6,9H,3-4H2,1-2H3,(H2,8,10,11). The zero-order valence-corrected chi connectivity index (χ0v) is 8.58. The number of rotatable bonds is 4. The van der Waals surface area contributed by atoms with E-state index in [2.05, 4.69) is 31.8 Å². The molecule has 0 aliphatic rings. The second kappa shape index (κ2) is 5.80. The smallest absolute Gasteiger partial charge is 0.130 e. The topological polar surface area (TPSA) is 32.3 Å². The highest BCUT2D eigenvalue weighted by molar-refractivity contribution is 8.11. The highest BCUT2D eigenvalue weighted by Gasteiger charge is 2.08. The summed E-state index contributed by atoms with van der Waals surface area (Å²) in [5, 5.41) is 11.8. The molecule has 0 rings (SSSR count). The minimum atomic E-state index is 0.0556. The number of thiol groups is 1. The van der Waals surface area contributed by atoms with E-state index in [1.165, 1.54) is 0 Å². The van der Waals surface area contributed by atoms with Crippen LogP contribution in [0, 0.1) is 5.92 Å². The Kier molecular flexibility index (Phi) is 5.91. The van der Waals surface area contributed by atoms with Crippen molar-refractivity contribution in [2.75, 3.05) is 6.61 Å². The van der Waals surface area contributed by atoms with E-state index in [0.29, 0.717) is 10.2 Å². The van der Waals surface area contributed by atoms with Crippen molar-refractivity contribution in [1.82, 2.24) is 5.32 Å². The molecule has 0 bridgehead atoms. The van der Waals surface area contributed by atoms with Crippen molar-refractivity contribution in [2.45, 2.75) is 26.3 Å². The number of nitrogens with one attached hydrogen (secondary N) is 1. The molecule has 0 heterocycles. The van der Waals surface area contributed by atoms with Crippen molar-refractivity contribution in [1.29, 1.82) is 0 Å². The molecule has 2 N–H and O–H groups in total. The predicted molar refractivity (Wildman–Crippen MR) is 55.0 cm³/mol. The molecular formula is C7H15NOS2. The molecule has 1 unspecified atom stereocenters. The van der Waals surface area contributed by atoms with E-state index in [-0.39, 0.29) is 12.6 Å². The Balaban J connectivity index is 3.66. The molecule has 0 saturated heterocycles. The number of hydrogen-bond acceptors (Lipinski definition) is 2. The summed E-state index contributed by atoms with van der Waals surface area (Å²) >= 11 is 8.66. The van der Waals surface area contributed by atoms with Crippen LogP contribution < -0.4 is 5.32 Å². The Labute approximate surface area is 78.8 Å². The van der Waals surface area contributed by atoms with Gasteiger partial charge in [-0.05, 0) is 12.3 Å². The zero-order valence-electron chi connectivity index (χ0n) is 6.87. The monoisotopic (exact) mass is 193 g/mol. The molecule has 0 aliphatic carbocycles. The summed E-state index contributed by atoms with van der Waals surface area (Å²) in [6, 6.07) is 0.0556. The fraction of sp³-hybridized carbons (Fsp3) is 0.857. The summed E-state index contributed by atoms with van der Waals surface area (Å²) in [5.41, 5.74) is 0. The van der Waals surface area contributed by atoms with Gasteiger partial charge in [0.15, 0.2) is 0 Å². The SMILES string of the molecule is CC(C)CC(CO)NC(=S)S. The largest absolute Gasteiger partial charge is 0.394 e. The first-order valence-electron chi connectivity index (χ1n) is 3.66. The van der Waals surface area contributed by atoms with Gasteiger partial charge in [0.25, 0.3) is 0 Å². The fourth-order valence-electron chi connectivity index (χ4n) is 0.923. The minimum Gasteiger partial charge on any atom is -0.394 e. The van der Waals surface area contributed by atoms with Crippen LogP contribution in [-0.2, 0) is 0 Å². The molecule has 2 nitrogen and oxygen atoms in total. The molecule has 0 amide bonds. The van der Waals surface area contributed by atoms with Gasteiger partial charge in [0, 0.05) is 0 Å². The molecule has 0 fully saturated rings. The van der Waals surface area contributed by atoms with Crippen molar-refractivity contribution >= 4 is 29.2 Å². The van der Waals surface area contributed by atoms with Crippen LogP contribution >= 0.6 is 24.8 Å². The summed E-state index contributed by atoms with van der Waals surface area (Å²) in [5.74, 6) is 0.558. The predicted octanol–water partition coefficient (Wildman–Crippen LogP) is 1.20. The normalized spacial score (nSPS) is 13.2. The van der Waals surface area contributed by atoms with Gasteiger partial charge in [-0.15, -0.1) is 12.6 Å². The molecule has 0 saturated carbocycles. The van der Waals surface area contributed by atoms with E-state index in [0.717, 1.165) is 6.42 Å².